The Morgan fingerprint density at radius 3 is 2.44 bits per heavy atom. The quantitative estimate of drug-likeness (QED) is 0.336. The first kappa shape index (κ1) is 25.5. The molecule has 0 radical (unpaired) electrons. The highest BCUT2D eigenvalue weighted by Gasteiger charge is 2.19. The number of rotatable bonds is 9. The summed E-state index contributed by atoms with van der Waals surface area (Å²) in [6, 6.07) is 16.7. The minimum Gasteiger partial charge on any atom is -0.490 e. The van der Waals surface area contributed by atoms with E-state index in [2.05, 4.69) is 106 Å². The van der Waals surface area contributed by atoms with Crippen LogP contribution in [-0.2, 0) is 6.54 Å². The topological polar surface area (TPSA) is 12.5 Å². The van der Waals surface area contributed by atoms with Gasteiger partial charge in [-0.2, -0.15) is 0 Å². The zero-order chi connectivity index (χ0) is 23.6. The van der Waals surface area contributed by atoms with E-state index in [0.717, 1.165) is 30.9 Å². The lowest BCUT2D eigenvalue weighted by molar-refractivity contribution is 0.278. The highest BCUT2D eigenvalue weighted by Crippen LogP contribution is 2.26. The Labute approximate surface area is 197 Å². The van der Waals surface area contributed by atoms with Gasteiger partial charge in [-0.25, -0.2) is 0 Å². The van der Waals surface area contributed by atoms with E-state index in [9.17, 15) is 0 Å². The molecule has 0 fully saturated rings. The Morgan fingerprint density at radius 1 is 1.12 bits per heavy atom. The smallest absolute Gasteiger partial charge is 0.120 e. The lowest BCUT2D eigenvalue weighted by Gasteiger charge is -2.24. The van der Waals surface area contributed by atoms with Crippen molar-refractivity contribution in [1.29, 1.82) is 0 Å². The summed E-state index contributed by atoms with van der Waals surface area (Å²) in [6.07, 6.45) is 9.61. The Hall–Kier alpha value is -2.72. The van der Waals surface area contributed by atoms with Crippen LogP contribution in [0.3, 0.4) is 0 Å². The van der Waals surface area contributed by atoms with Crippen molar-refractivity contribution in [2.24, 2.45) is 5.41 Å². The standard InChI is InChI=1S/C29H37NOSi/c1-8-24-16-18-26(19-17-24)28(32(6)7)31-27-15-13-14-25(22-27)23-30(9-2)21-12-10-11-20-29(3,4)5/h1,10,12-19,22,28,32H,9,21,23H2,2-7H3/b12-10+. The first-order valence-electron chi connectivity index (χ1n) is 11.4. The van der Waals surface area contributed by atoms with Gasteiger partial charge in [-0.3, -0.25) is 4.90 Å². The Morgan fingerprint density at radius 2 is 1.84 bits per heavy atom. The fourth-order valence-electron chi connectivity index (χ4n) is 3.30. The minimum absolute atomic E-state index is 0.0370. The fraction of sp³-hybridized carbons (Fsp3) is 0.379. The summed E-state index contributed by atoms with van der Waals surface area (Å²) in [7, 11) is -1.10. The van der Waals surface area contributed by atoms with Gasteiger partial charge in [-0.1, -0.05) is 68.1 Å². The molecule has 2 aromatic rings. The molecule has 0 aliphatic heterocycles. The maximum absolute atomic E-state index is 6.50. The van der Waals surface area contributed by atoms with Crippen LogP contribution < -0.4 is 4.74 Å². The van der Waals surface area contributed by atoms with Crippen LogP contribution in [0.4, 0.5) is 0 Å². The molecule has 0 amide bonds. The lowest BCUT2D eigenvalue weighted by Crippen LogP contribution is -2.23. The molecule has 1 atom stereocenters. The largest absolute Gasteiger partial charge is 0.490 e. The van der Waals surface area contributed by atoms with Gasteiger partial charge >= 0.3 is 0 Å². The van der Waals surface area contributed by atoms with Gasteiger partial charge in [0.15, 0.2) is 0 Å². The van der Waals surface area contributed by atoms with E-state index in [1.54, 1.807) is 0 Å². The van der Waals surface area contributed by atoms with Crippen molar-refractivity contribution in [3.8, 4) is 29.9 Å². The summed E-state index contributed by atoms with van der Waals surface area (Å²) in [5.41, 5.74) is 3.51. The Balaban J connectivity index is 2.06. The summed E-state index contributed by atoms with van der Waals surface area (Å²) >= 11 is 0. The van der Waals surface area contributed by atoms with E-state index in [4.69, 9.17) is 11.2 Å². The molecule has 2 aromatic carbocycles. The number of hydrogen-bond donors (Lipinski definition) is 0. The van der Waals surface area contributed by atoms with E-state index in [0.29, 0.717) is 0 Å². The molecule has 0 bridgehead atoms. The van der Waals surface area contributed by atoms with Crippen molar-refractivity contribution in [1.82, 2.24) is 4.90 Å². The number of allylic oxidation sites excluding steroid dienone is 1. The van der Waals surface area contributed by atoms with Gasteiger partial charge in [0.1, 0.15) is 11.5 Å². The molecule has 2 nitrogen and oxygen atoms in total. The van der Waals surface area contributed by atoms with Gasteiger partial charge in [0.2, 0.25) is 0 Å². The average Bonchev–Trinajstić information content (AvgIpc) is 2.76. The zero-order valence-electron chi connectivity index (χ0n) is 20.5. The molecule has 168 valence electrons. The summed E-state index contributed by atoms with van der Waals surface area (Å²) < 4.78 is 6.50. The van der Waals surface area contributed by atoms with Gasteiger partial charge in [-0.15, -0.1) is 6.42 Å². The number of likely N-dealkylation sites (N-methyl/N-ethyl adjacent to an activating group) is 1. The molecule has 0 saturated carbocycles. The predicted octanol–water partition coefficient (Wildman–Crippen LogP) is 6.24. The zero-order valence-corrected chi connectivity index (χ0v) is 21.6. The van der Waals surface area contributed by atoms with Crippen molar-refractivity contribution < 1.29 is 4.74 Å². The van der Waals surface area contributed by atoms with Crippen molar-refractivity contribution >= 4 is 8.80 Å². The maximum atomic E-state index is 6.50. The van der Waals surface area contributed by atoms with E-state index >= 15 is 0 Å². The van der Waals surface area contributed by atoms with Crippen LogP contribution in [0, 0.1) is 29.6 Å². The summed E-state index contributed by atoms with van der Waals surface area (Å²) in [5, 5.41) is 0. The van der Waals surface area contributed by atoms with Crippen molar-refractivity contribution in [2.45, 2.75) is 53.1 Å². The minimum atomic E-state index is -1.10. The molecular weight excluding hydrogens is 406 g/mol. The second-order valence-electron chi connectivity index (χ2n) is 9.45. The monoisotopic (exact) mass is 443 g/mol. The molecular formula is C29H37NOSi. The second kappa shape index (κ2) is 12.3. The van der Waals surface area contributed by atoms with Crippen molar-refractivity contribution in [2.75, 3.05) is 13.1 Å². The lowest BCUT2D eigenvalue weighted by atomic mass is 9.98. The van der Waals surface area contributed by atoms with Crippen LogP contribution in [0.2, 0.25) is 13.1 Å². The summed E-state index contributed by atoms with van der Waals surface area (Å²) in [5.74, 6) is 10.0. The molecule has 2 rings (SSSR count). The summed E-state index contributed by atoms with van der Waals surface area (Å²) in [6.45, 7) is 15.9. The molecule has 0 aliphatic carbocycles. The molecule has 0 aromatic heterocycles. The molecule has 3 heteroatoms. The van der Waals surface area contributed by atoms with Crippen LogP contribution in [-0.4, -0.2) is 26.8 Å². The van der Waals surface area contributed by atoms with E-state index in [1.807, 2.05) is 18.2 Å². The van der Waals surface area contributed by atoms with Crippen LogP contribution in [0.5, 0.6) is 5.75 Å². The van der Waals surface area contributed by atoms with Gasteiger partial charge < -0.3 is 4.74 Å². The van der Waals surface area contributed by atoms with Crippen molar-refractivity contribution in [3.05, 3.63) is 77.4 Å². The molecule has 0 heterocycles. The second-order valence-corrected chi connectivity index (χ2v) is 12.5. The van der Waals surface area contributed by atoms with Gasteiger partial charge in [0, 0.05) is 24.1 Å². The number of hydrogen-bond acceptors (Lipinski definition) is 2. The number of terminal acetylenes is 1. The van der Waals surface area contributed by atoms with E-state index < -0.39 is 8.80 Å². The molecule has 0 aliphatic rings. The maximum Gasteiger partial charge on any atom is 0.120 e. The highest BCUT2D eigenvalue weighted by atomic mass is 28.3. The SMILES string of the molecule is C#Cc1ccc(C(Oc2cccc(CN(CC)C/C=C/C#CC(C)(C)C)c2)[SiH](C)C)cc1. The van der Waals surface area contributed by atoms with Gasteiger partial charge in [0.05, 0.1) is 8.80 Å². The van der Waals surface area contributed by atoms with Gasteiger partial charge in [0.25, 0.3) is 0 Å². The van der Waals surface area contributed by atoms with Crippen LogP contribution in [0.15, 0.2) is 60.7 Å². The third kappa shape index (κ3) is 8.79. The predicted molar refractivity (Wildman–Crippen MR) is 140 cm³/mol. The third-order valence-electron chi connectivity index (χ3n) is 5.04. The molecule has 0 spiro atoms. The van der Waals surface area contributed by atoms with E-state index in [-0.39, 0.29) is 11.1 Å². The number of nitrogens with zero attached hydrogens (tertiary/aromatic N) is 1. The average molecular weight is 444 g/mol. The van der Waals surface area contributed by atoms with Crippen LogP contribution in [0.25, 0.3) is 0 Å². The fourth-order valence-corrected chi connectivity index (χ4v) is 4.73. The normalized spacial score (nSPS) is 12.5. The molecule has 0 saturated heterocycles. The van der Waals surface area contributed by atoms with Crippen molar-refractivity contribution in [3.63, 3.8) is 0 Å². The number of ether oxygens (including phenoxy) is 1. The highest BCUT2D eigenvalue weighted by molar-refractivity contribution is 6.57. The molecule has 32 heavy (non-hydrogen) atoms. The molecule has 1 unspecified atom stereocenters. The van der Waals surface area contributed by atoms with Gasteiger partial charge in [-0.05, 0) is 68.8 Å². The van der Waals surface area contributed by atoms with Crippen LogP contribution >= 0.6 is 0 Å². The third-order valence-corrected chi connectivity index (χ3v) is 6.77. The Bertz CT molecular complexity index is 981. The first-order chi connectivity index (χ1) is 15.2. The van der Waals surface area contributed by atoms with Crippen LogP contribution in [0.1, 0.15) is 50.1 Å². The summed E-state index contributed by atoms with van der Waals surface area (Å²) in [4.78, 5) is 2.39. The first-order valence-corrected chi connectivity index (χ1v) is 14.4. The number of benzene rings is 2. The molecule has 0 N–H and O–H groups in total. The van der Waals surface area contributed by atoms with E-state index in [1.165, 1.54) is 11.1 Å². The Kier molecular flexibility index (Phi) is 9.85.